The van der Waals surface area contributed by atoms with Gasteiger partial charge in [0.1, 0.15) is 0 Å². The number of nitrogens with zero attached hydrogens (tertiary/aromatic N) is 1. The van der Waals surface area contributed by atoms with Gasteiger partial charge in [-0.05, 0) is 38.5 Å². The minimum absolute atomic E-state index is 0.0783. The summed E-state index contributed by atoms with van der Waals surface area (Å²) >= 11 is 0. The smallest absolute Gasteiger partial charge is 0.303 e. The van der Waals surface area contributed by atoms with Gasteiger partial charge in [0.2, 0.25) is 5.91 Å². The molecule has 2 atom stereocenters. The third-order valence-corrected chi connectivity index (χ3v) is 4.07. The van der Waals surface area contributed by atoms with Gasteiger partial charge in [0.15, 0.2) is 0 Å². The molecule has 0 aromatic carbocycles. The van der Waals surface area contributed by atoms with Crippen LogP contribution < -0.4 is 0 Å². The minimum atomic E-state index is -0.780. The summed E-state index contributed by atoms with van der Waals surface area (Å²) in [4.78, 5) is 24.9. The Morgan fingerprint density at radius 1 is 1.21 bits per heavy atom. The van der Waals surface area contributed by atoms with Crippen molar-refractivity contribution in [1.82, 2.24) is 4.90 Å². The van der Waals surface area contributed by atoms with Crippen molar-refractivity contribution in [2.75, 3.05) is 13.2 Å². The number of carbonyl (C=O) groups is 2. The van der Waals surface area contributed by atoms with Gasteiger partial charge in [0.05, 0.1) is 12.5 Å². The molecule has 2 saturated heterocycles. The van der Waals surface area contributed by atoms with Crippen LogP contribution in [0.5, 0.6) is 0 Å². The number of carbonyl (C=O) groups excluding carboxylic acids is 1. The SMILES string of the molecule is O=C(O)CC[C@H]1CCCCN1C(=O)C[C@@H]1CCCO1. The summed E-state index contributed by atoms with van der Waals surface area (Å²) < 4.78 is 5.51. The Labute approximate surface area is 113 Å². The largest absolute Gasteiger partial charge is 0.481 e. The molecule has 2 rings (SSSR count). The fourth-order valence-electron chi connectivity index (χ4n) is 3.04. The van der Waals surface area contributed by atoms with Crippen LogP contribution in [0.4, 0.5) is 0 Å². The molecule has 1 N–H and O–H groups in total. The van der Waals surface area contributed by atoms with Crippen LogP contribution in [-0.2, 0) is 14.3 Å². The van der Waals surface area contributed by atoms with Crippen molar-refractivity contribution >= 4 is 11.9 Å². The number of piperidine rings is 1. The molecule has 0 bridgehead atoms. The Hall–Kier alpha value is -1.10. The molecule has 2 heterocycles. The van der Waals surface area contributed by atoms with Crippen LogP contribution in [0, 0.1) is 0 Å². The number of hydrogen-bond donors (Lipinski definition) is 1. The lowest BCUT2D eigenvalue weighted by atomic mass is 9.97. The van der Waals surface area contributed by atoms with Crippen LogP contribution in [0.15, 0.2) is 0 Å². The van der Waals surface area contributed by atoms with Crippen LogP contribution in [-0.4, -0.2) is 47.2 Å². The number of hydrogen-bond acceptors (Lipinski definition) is 3. The quantitative estimate of drug-likeness (QED) is 0.826. The Bertz CT molecular complexity index is 325. The monoisotopic (exact) mass is 269 g/mol. The lowest BCUT2D eigenvalue weighted by molar-refractivity contribution is -0.141. The molecule has 0 unspecified atom stereocenters. The van der Waals surface area contributed by atoms with Gasteiger partial charge in [-0.1, -0.05) is 0 Å². The first-order valence-electron chi connectivity index (χ1n) is 7.29. The summed E-state index contributed by atoms with van der Waals surface area (Å²) in [5.41, 5.74) is 0. The third-order valence-electron chi connectivity index (χ3n) is 4.07. The van der Waals surface area contributed by atoms with Gasteiger partial charge >= 0.3 is 5.97 Å². The molecule has 1 amide bonds. The predicted octanol–water partition coefficient (Wildman–Crippen LogP) is 1.80. The summed E-state index contributed by atoms with van der Waals surface area (Å²) in [6.07, 6.45) is 6.33. The van der Waals surface area contributed by atoms with Crippen molar-refractivity contribution in [3.8, 4) is 0 Å². The zero-order valence-electron chi connectivity index (χ0n) is 11.3. The van der Waals surface area contributed by atoms with Crippen molar-refractivity contribution in [3.63, 3.8) is 0 Å². The van der Waals surface area contributed by atoms with E-state index in [1.807, 2.05) is 4.90 Å². The molecule has 2 fully saturated rings. The molecule has 2 aliphatic rings. The second-order valence-corrected chi connectivity index (χ2v) is 5.51. The van der Waals surface area contributed by atoms with E-state index in [0.717, 1.165) is 45.3 Å². The molecule has 19 heavy (non-hydrogen) atoms. The van der Waals surface area contributed by atoms with Crippen LogP contribution in [0.25, 0.3) is 0 Å². The van der Waals surface area contributed by atoms with E-state index in [2.05, 4.69) is 0 Å². The van der Waals surface area contributed by atoms with E-state index in [4.69, 9.17) is 9.84 Å². The van der Waals surface area contributed by atoms with Gasteiger partial charge in [-0.25, -0.2) is 0 Å². The first kappa shape index (κ1) is 14.3. The second kappa shape index (κ2) is 6.89. The summed E-state index contributed by atoms with van der Waals surface area (Å²) in [5.74, 6) is -0.640. The molecule has 2 aliphatic heterocycles. The van der Waals surface area contributed by atoms with E-state index in [1.54, 1.807) is 0 Å². The van der Waals surface area contributed by atoms with Crippen molar-refractivity contribution in [2.24, 2.45) is 0 Å². The zero-order chi connectivity index (χ0) is 13.7. The summed E-state index contributed by atoms with van der Waals surface area (Å²) in [5, 5.41) is 8.78. The number of ether oxygens (including phenoxy) is 1. The summed E-state index contributed by atoms with van der Waals surface area (Å²) in [6, 6.07) is 0.110. The zero-order valence-corrected chi connectivity index (χ0v) is 11.3. The molecule has 108 valence electrons. The highest BCUT2D eigenvalue weighted by molar-refractivity contribution is 5.77. The van der Waals surface area contributed by atoms with E-state index in [9.17, 15) is 9.59 Å². The van der Waals surface area contributed by atoms with E-state index in [1.165, 1.54) is 0 Å². The third kappa shape index (κ3) is 4.20. The molecular formula is C14H23NO4. The molecule has 0 spiro atoms. The average Bonchev–Trinajstić information content (AvgIpc) is 2.89. The number of carboxylic acids is 1. The van der Waals surface area contributed by atoms with Gasteiger partial charge in [-0.15, -0.1) is 0 Å². The minimum Gasteiger partial charge on any atom is -0.481 e. The van der Waals surface area contributed by atoms with Gasteiger partial charge in [0, 0.05) is 25.6 Å². The molecule has 0 aromatic heterocycles. The van der Waals surface area contributed by atoms with Crippen LogP contribution in [0.3, 0.4) is 0 Å². The Morgan fingerprint density at radius 2 is 2.05 bits per heavy atom. The van der Waals surface area contributed by atoms with Crippen LogP contribution in [0.2, 0.25) is 0 Å². The maximum atomic E-state index is 12.3. The number of amides is 1. The standard InChI is InChI=1S/C14H23NO4/c16-13(10-12-5-3-9-19-12)15-8-2-1-4-11(15)6-7-14(17)18/h11-12H,1-10H2,(H,17,18)/t11-,12+/m1/s1. The highest BCUT2D eigenvalue weighted by Crippen LogP contribution is 2.24. The second-order valence-electron chi connectivity index (χ2n) is 5.51. The summed E-state index contributed by atoms with van der Waals surface area (Å²) in [6.45, 7) is 1.54. The normalized spacial score (nSPS) is 27.5. The van der Waals surface area contributed by atoms with Crippen molar-refractivity contribution in [2.45, 2.75) is 63.5 Å². The molecule has 0 radical (unpaired) electrons. The lowest BCUT2D eigenvalue weighted by Crippen LogP contribution is -2.44. The number of aliphatic carboxylic acids is 1. The molecule has 5 heteroatoms. The van der Waals surface area contributed by atoms with Crippen LogP contribution >= 0.6 is 0 Å². The van der Waals surface area contributed by atoms with Crippen molar-refractivity contribution < 1.29 is 19.4 Å². The highest BCUT2D eigenvalue weighted by atomic mass is 16.5. The van der Waals surface area contributed by atoms with Gasteiger partial charge in [-0.3, -0.25) is 9.59 Å². The number of rotatable bonds is 5. The van der Waals surface area contributed by atoms with Crippen LogP contribution in [0.1, 0.15) is 51.4 Å². The fourth-order valence-corrected chi connectivity index (χ4v) is 3.04. The first-order chi connectivity index (χ1) is 9.16. The first-order valence-corrected chi connectivity index (χ1v) is 7.29. The van der Waals surface area contributed by atoms with E-state index < -0.39 is 5.97 Å². The van der Waals surface area contributed by atoms with Gasteiger partial charge < -0.3 is 14.7 Å². The maximum Gasteiger partial charge on any atom is 0.303 e. The van der Waals surface area contributed by atoms with E-state index >= 15 is 0 Å². The number of likely N-dealkylation sites (tertiary alicyclic amines) is 1. The lowest BCUT2D eigenvalue weighted by Gasteiger charge is -2.36. The average molecular weight is 269 g/mol. The molecule has 0 saturated carbocycles. The van der Waals surface area contributed by atoms with Gasteiger partial charge in [0.25, 0.3) is 0 Å². The fraction of sp³-hybridized carbons (Fsp3) is 0.857. The summed E-state index contributed by atoms with van der Waals surface area (Å²) in [7, 11) is 0. The molecular weight excluding hydrogens is 246 g/mol. The molecule has 0 aliphatic carbocycles. The number of carboxylic acid groups (broad SMARTS) is 1. The maximum absolute atomic E-state index is 12.3. The Kier molecular flexibility index (Phi) is 5.19. The Balaban J connectivity index is 1.86. The van der Waals surface area contributed by atoms with E-state index in [0.29, 0.717) is 12.8 Å². The van der Waals surface area contributed by atoms with Crippen molar-refractivity contribution in [3.05, 3.63) is 0 Å². The molecule has 0 aromatic rings. The predicted molar refractivity (Wildman–Crippen MR) is 69.8 cm³/mol. The van der Waals surface area contributed by atoms with Gasteiger partial charge in [-0.2, -0.15) is 0 Å². The van der Waals surface area contributed by atoms with Crippen molar-refractivity contribution in [1.29, 1.82) is 0 Å². The molecule has 5 nitrogen and oxygen atoms in total. The van der Waals surface area contributed by atoms with E-state index in [-0.39, 0.29) is 24.5 Å². The Morgan fingerprint density at radius 3 is 2.74 bits per heavy atom. The topological polar surface area (TPSA) is 66.8 Å². The highest BCUT2D eigenvalue weighted by Gasteiger charge is 2.29.